The van der Waals surface area contributed by atoms with Crippen LogP contribution in [0.5, 0.6) is 0 Å². The number of isocyanates is 1. The van der Waals surface area contributed by atoms with Gasteiger partial charge in [0.2, 0.25) is 6.08 Å². The molecule has 0 heterocycles. The molecule has 0 saturated carbocycles. The molecule has 2 nitrogen and oxygen atoms in total. The molecule has 0 rings (SSSR count). The topological polar surface area (TPSA) is 29.4 Å². The first kappa shape index (κ1) is 9.60. The van der Waals surface area contributed by atoms with Crippen molar-refractivity contribution in [3.05, 3.63) is 0 Å². The third kappa shape index (κ3) is 2.08. The average molecular weight is 157 g/mol. The Hall–Kier alpha value is -0.403. The van der Waals surface area contributed by atoms with E-state index in [1.165, 1.54) is 0 Å². The zero-order chi connectivity index (χ0) is 8.04. The lowest BCUT2D eigenvalue weighted by Gasteiger charge is -2.18. The first-order valence-corrected chi connectivity index (χ1v) is 6.40. The van der Waals surface area contributed by atoms with Crippen LogP contribution in [0, 0.1) is 0 Å². The van der Waals surface area contributed by atoms with E-state index in [9.17, 15) is 4.79 Å². The van der Waals surface area contributed by atoms with Crippen LogP contribution in [0.15, 0.2) is 4.66 Å². The molecule has 0 aromatic carbocycles. The van der Waals surface area contributed by atoms with Crippen molar-refractivity contribution in [1.29, 1.82) is 0 Å². The second-order valence-corrected chi connectivity index (χ2v) is 7.28. The van der Waals surface area contributed by atoms with Crippen LogP contribution in [0.3, 0.4) is 0 Å². The molecule has 10 heavy (non-hydrogen) atoms. The van der Waals surface area contributed by atoms with Crippen molar-refractivity contribution in [1.82, 2.24) is 0 Å². The van der Waals surface area contributed by atoms with Gasteiger partial charge in [-0.3, -0.25) is 0 Å². The maximum Gasteiger partial charge on any atom is 0.224 e. The largest absolute Gasteiger partial charge is 0.247 e. The number of hydrogen-bond donors (Lipinski definition) is 0. The smallest absolute Gasteiger partial charge is 0.224 e. The van der Waals surface area contributed by atoms with E-state index in [4.69, 9.17) is 0 Å². The summed E-state index contributed by atoms with van der Waals surface area (Å²) in [6.45, 7) is 6.33. The van der Waals surface area contributed by atoms with Gasteiger partial charge in [0.1, 0.15) is 0 Å². The minimum Gasteiger partial charge on any atom is -0.247 e. The highest BCUT2D eigenvalue weighted by molar-refractivity contribution is 6.78. The maximum atomic E-state index is 10.0. The lowest BCUT2D eigenvalue weighted by Crippen LogP contribution is -2.28. The van der Waals surface area contributed by atoms with E-state index in [0.29, 0.717) is 0 Å². The van der Waals surface area contributed by atoms with Gasteiger partial charge in [-0.1, -0.05) is 20.8 Å². The molecule has 0 aliphatic rings. The van der Waals surface area contributed by atoms with Gasteiger partial charge < -0.3 is 0 Å². The van der Waals surface area contributed by atoms with E-state index >= 15 is 0 Å². The number of nitrogens with zero attached hydrogens (tertiary/aromatic N) is 1. The van der Waals surface area contributed by atoms with E-state index in [1.807, 2.05) is 0 Å². The summed E-state index contributed by atoms with van der Waals surface area (Å²) >= 11 is 0. The normalized spacial score (nSPS) is 10.7. The van der Waals surface area contributed by atoms with Crippen LogP contribution in [0.2, 0.25) is 18.1 Å². The van der Waals surface area contributed by atoms with Crippen molar-refractivity contribution in [2.45, 2.75) is 38.9 Å². The first-order valence-electron chi connectivity index (χ1n) is 3.83. The fourth-order valence-corrected chi connectivity index (χ4v) is 3.25. The van der Waals surface area contributed by atoms with Crippen LogP contribution in [-0.4, -0.2) is 14.3 Å². The predicted octanol–water partition coefficient (Wildman–Crippen LogP) is 2.33. The molecule has 58 valence electrons. The van der Waals surface area contributed by atoms with Gasteiger partial charge in [0.25, 0.3) is 0 Å². The third-order valence-electron chi connectivity index (χ3n) is 2.26. The molecule has 3 heteroatoms. The molecule has 0 unspecified atom stereocenters. The van der Waals surface area contributed by atoms with Crippen LogP contribution in [0.1, 0.15) is 20.8 Å². The summed E-state index contributed by atoms with van der Waals surface area (Å²) < 4.78 is 3.94. The SMILES string of the molecule is CC[Si](CC)(CC)N=C=O. The molecule has 0 saturated heterocycles. The molecular weight excluding hydrogens is 142 g/mol. The fraction of sp³-hybridized carbons (Fsp3) is 0.857. The van der Waals surface area contributed by atoms with E-state index in [2.05, 4.69) is 25.4 Å². The van der Waals surface area contributed by atoms with Crippen LogP contribution in [-0.2, 0) is 4.79 Å². The molecule has 0 aliphatic heterocycles. The van der Waals surface area contributed by atoms with Gasteiger partial charge in [-0.05, 0) is 18.1 Å². The number of rotatable bonds is 4. The van der Waals surface area contributed by atoms with Gasteiger partial charge in [-0.25, -0.2) is 9.45 Å². The Labute approximate surface area is 63.4 Å². The summed E-state index contributed by atoms with van der Waals surface area (Å²) in [6, 6.07) is 3.19. The summed E-state index contributed by atoms with van der Waals surface area (Å²) in [5.41, 5.74) is 0. The maximum absolute atomic E-state index is 10.0. The van der Waals surface area contributed by atoms with E-state index in [-0.39, 0.29) is 0 Å². The summed E-state index contributed by atoms with van der Waals surface area (Å²) in [7, 11) is -1.52. The molecule has 0 aliphatic carbocycles. The Morgan fingerprint density at radius 2 is 1.60 bits per heavy atom. The zero-order valence-corrected chi connectivity index (χ0v) is 7.98. The highest BCUT2D eigenvalue weighted by Gasteiger charge is 2.26. The van der Waals surface area contributed by atoms with Crippen LogP contribution in [0.25, 0.3) is 0 Å². The minimum atomic E-state index is -1.52. The molecule has 0 amide bonds. The Balaban J connectivity index is 4.29. The lowest BCUT2D eigenvalue weighted by atomic mass is 10.9. The third-order valence-corrected chi connectivity index (χ3v) is 6.77. The molecule has 0 atom stereocenters. The molecule has 0 N–H and O–H groups in total. The Morgan fingerprint density at radius 1 is 1.20 bits per heavy atom. The van der Waals surface area contributed by atoms with Crippen molar-refractivity contribution in [2.24, 2.45) is 4.66 Å². The summed E-state index contributed by atoms with van der Waals surface area (Å²) in [5.74, 6) is 0. The number of hydrogen-bond acceptors (Lipinski definition) is 2. The molecule has 0 fully saturated rings. The number of carbonyl (C=O) groups excluding carboxylic acids is 1. The lowest BCUT2D eigenvalue weighted by molar-refractivity contribution is 0.565. The Morgan fingerprint density at radius 3 is 1.70 bits per heavy atom. The van der Waals surface area contributed by atoms with Crippen LogP contribution >= 0.6 is 0 Å². The van der Waals surface area contributed by atoms with Crippen molar-refractivity contribution < 1.29 is 4.79 Å². The molecule has 0 spiro atoms. The van der Waals surface area contributed by atoms with Gasteiger partial charge in [0, 0.05) is 0 Å². The fourth-order valence-electron chi connectivity index (χ4n) is 1.08. The van der Waals surface area contributed by atoms with Gasteiger partial charge in [0.05, 0.1) is 0 Å². The average Bonchev–Trinajstić information content (AvgIpc) is 2.01. The van der Waals surface area contributed by atoms with E-state index < -0.39 is 8.24 Å². The van der Waals surface area contributed by atoms with Gasteiger partial charge in [-0.15, -0.1) is 0 Å². The van der Waals surface area contributed by atoms with Gasteiger partial charge in [-0.2, -0.15) is 0 Å². The van der Waals surface area contributed by atoms with Crippen LogP contribution in [0.4, 0.5) is 0 Å². The Kier molecular flexibility index (Phi) is 4.24. The predicted molar refractivity (Wildman–Crippen MR) is 45.3 cm³/mol. The standard InChI is InChI=1S/C7H15NOSi/c1-4-10(5-2,6-3)8-7-9/h4-6H2,1-3H3. The second-order valence-electron chi connectivity index (χ2n) is 2.49. The van der Waals surface area contributed by atoms with Crippen molar-refractivity contribution in [3.63, 3.8) is 0 Å². The molecule has 0 radical (unpaired) electrons. The Bertz CT molecular complexity index is 128. The molecule has 0 aromatic heterocycles. The quantitative estimate of drug-likeness (QED) is 0.350. The van der Waals surface area contributed by atoms with E-state index in [1.54, 1.807) is 6.08 Å². The van der Waals surface area contributed by atoms with Crippen LogP contribution < -0.4 is 0 Å². The molecular formula is C7H15NOSi. The minimum absolute atomic E-state index is 1.06. The monoisotopic (exact) mass is 157 g/mol. The second kappa shape index (κ2) is 4.42. The highest BCUT2D eigenvalue weighted by atomic mass is 28.3. The van der Waals surface area contributed by atoms with Crippen molar-refractivity contribution >= 4 is 14.3 Å². The molecule has 0 bridgehead atoms. The summed E-state index contributed by atoms with van der Waals surface area (Å²) in [4.78, 5) is 10.0. The van der Waals surface area contributed by atoms with E-state index in [0.717, 1.165) is 18.1 Å². The summed E-state index contributed by atoms with van der Waals surface area (Å²) in [6.07, 6.45) is 1.70. The van der Waals surface area contributed by atoms with Crippen molar-refractivity contribution in [3.8, 4) is 0 Å². The highest BCUT2D eigenvalue weighted by Crippen LogP contribution is 2.20. The molecule has 0 aromatic rings. The zero-order valence-electron chi connectivity index (χ0n) is 6.98. The first-order chi connectivity index (χ1) is 4.74. The van der Waals surface area contributed by atoms with Gasteiger partial charge >= 0.3 is 0 Å². The van der Waals surface area contributed by atoms with Gasteiger partial charge in [0.15, 0.2) is 8.24 Å². The van der Waals surface area contributed by atoms with Crippen molar-refractivity contribution in [2.75, 3.05) is 0 Å². The summed E-state index contributed by atoms with van der Waals surface area (Å²) in [5, 5.41) is 0.